The Kier molecular flexibility index (Phi) is 6.13. The Hall–Kier alpha value is -2.80. The summed E-state index contributed by atoms with van der Waals surface area (Å²) in [4.78, 5) is 25.8. The number of nitrogens with two attached hydrogens (primary N) is 1. The van der Waals surface area contributed by atoms with Crippen molar-refractivity contribution in [1.82, 2.24) is 10.2 Å². The molecule has 1 aliphatic heterocycles. The molecule has 1 atom stereocenters. The molecule has 7 heteroatoms. The van der Waals surface area contributed by atoms with E-state index in [0.717, 1.165) is 30.7 Å². The summed E-state index contributed by atoms with van der Waals surface area (Å²) in [5, 5.41) is 2.86. The van der Waals surface area contributed by atoms with Crippen molar-refractivity contribution < 1.29 is 18.7 Å². The highest BCUT2D eigenvalue weighted by Gasteiger charge is 2.23. The number of nitrogens with zero attached hydrogens (tertiary/aromatic N) is 1. The minimum Gasteiger partial charge on any atom is -0.497 e. The molecule has 1 saturated heterocycles. The predicted octanol–water partition coefficient (Wildman–Crippen LogP) is 1.88. The second-order valence-electron chi connectivity index (χ2n) is 6.69. The van der Waals surface area contributed by atoms with E-state index in [1.54, 1.807) is 19.2 Å². The molecule has 7 nitrogen and oxygen atoms in total. The number of carbonyl (C=O) groups is 2. The first-order valence-corrected chi connectivity index (χ1v) is 9.11. The number of hydrogen-bond acceptors (Lipinski definition) is 5. The van der Waals surface area contributed by atoms with Crippen molar-refractivity contribution in [1.29, 1.82) is 0 Å². The average Bonchev–Trinajstić information content (AvgIpc) is 3.18. The topological polar surface area (TPSA) is 97.8 Å². The first kappa shape index (κ1) is 19.0. The van der Waals surface area contributed by atoms with Crippen molar-refractivity contribution in [3.05, 3.63) is 42.2 Å². The fourth-order valence-corrected chi connectivity index (χ4v) is 3.28. The number of methoxy groups -OCH3 is 1. The fourth-order valence-electron chi connectivity index (χ4n) is 3.28. The molecule has 3 rings (SSSR count). The van der Waals surface area contributed by atoms with Gasteiger partial charge in [-0.2, -0.15) is 0 Å². The van der Waals surface area contributed by atoms with Crippen LogP contribution in [0.1, 0.15) is 23.4 Å². The van der Waals surface area contributed by atoms with Crippen LogP contribution in [-0.4, -0.2) is 50.0 Å². The molecule has 1 aromatic carbocycles. The van der Waals surface area contributed by atoms with Crippen molar-refractivity contribution in [2.24, 2.45) is 11.7 Å². The van der Waals surface area contributed by atoms with Crippen molar-refractivity contribution in [2.75, 3.05) is 33.3 Å². The Bertz CT molecular complexity index is 785. The summed E-state index contributed by atoms with van der Waals surface area (Å²) in [5.74, 6) is 1.08. The zero-order valence-electron chi connectivity index (χ0n) is 15.4. The number of ether oxygens (including phenoxy) is 1. The van der Waals surface area contributed by atoms with Gasteiger partial charge in [-0.05, 0) is 55.8 Å². The Balaban J connectivity index is 1.50. The largest absolute Gasteiger partial charge is 0.497 e. The van der Waals surface area contributed by atoms with E-state index in [1.165, 1.54) is 0 Å². The van der Waals surface area contributed by atoms with Crippen LogP contribution in [0.5, 0.6) is 5.75 Å². The fraction of sp³-hybridized carbons (Fsp3) is 0.400. The predicted molar refractivity (Wildman–Crippen MR) is 101 cm³/mol. The van der Waals surface area contributed by atoms with Crippen molar-refractivity contribution in [3.63, 3.8) is 0 Å². The molecule has 1 fully saturated rings. The van der Waals surface area contributed by atoms with Gasteiger partial charge in [0, 0.05) is 25.2 Å². The number of benzene rings is 1. The highest BCUT2D eigenvalue weighted by Crippen LogP contribution is 2.24. The number of nitrogens with one attached hydrogen (secondary N) is 1. The molecule has 27 heavy (non-hydrogen) atoms. The zero-order valence-corrected chi connectivity index (χ0v) is 15.4. The lowest BCUT2D eigenvalue weighted by Crippen LogP contribution is -2.44. The van der Waals surface area contributed by atoms with Gasteiger partial charge in [0.1, 0.15) is 11.5 Å². The van der Waals surface area contributed by atoms with E-state index in [0.29, 0.717) is 25.4 Å². The average molecular weight is 371 g/mol. The summed E-state index contributed by atoms with van der Waals surface area (Å²) in [6, 6.07) is 10.9. The van der Waals surface area contributed by atoms with Crippen LogP contribution in [0.2, 0.25) is 0 Å². The van der Waals surface area contributed by atoms with Gasteiger partial charge < -0.3 is 25.1 Å². The van der Waals surface area contributed by atoms with Crippen LogP contribution in [-0.2, 0) is 4.79 Å². The van der Waals surface area contributed by atoms with Gasteiger partial charge in [-0.3, -0.25) is 9.59 Å². The number of furan rings is 1. The molecule has 0 bridgehead atoms. The molecule has 0 saturated carbocycles. The monoisotopic (exact) mass is 371 g/mol. The van der Waals surface area contributed by atoms with Crippen LogP contribution >= 0.6 is 0 Å². The summed E-state index contributed by atoms with van der Waals surface area (Å²) in [6.45, 7) is 2.75. The summed E-state index contributed by atoms with van der Waals surface area (Å²) in [5.41, 5.74) is 6.27. The van der Waals surface area contributed by atoms with Gasteiger partial charge in [0.25, 0.3) is 5.91 Å². The maximum Gasteiger partial charge on any atom is 0.287 e. The van der Waals surface area contributed by atoms with E-state index in [2.05, 4.69) is 10.2 Å². The lowest BCUT2D eigenvalue weighted by atomic mass is 9.97. The van der Waals surface area contributed by atoms with E-state index < -0.39 is 0 Å². The molecule has 0 spiro atoms. The lowest BCUT2D eigenvalue weighted by molar-refractivity contribution is -0.123. The van der Waals surface area contributed by atoms with Gasteiger partial charge in [0.05, 0.1) is 13.0 Å². The number of hydrogen-bond donors (Lipinski definition) is 2. The Morgan fingerprint density at radius 2 is 2.04 bits per heavy atom. The third-order valence-electron chi connectivity index (χ3n) is 4.83. The van der Waals surface area contributed by atoms with E-state index in [4.69, 9.17) is 14.9 Å². The van der Waals surface area contributed by atoms with Crippen LogP contribution in [0.4, 0.5) is 0 Å². The molecule has 144 valence electrons. The van der Waals surface area contributed by atoms with E-state index in [9.17, 15) is 9.59 Å². The Labute approximate surface area is 158 Å². The highest BCUT2D eigenvalue weighted by molar-refractivity contribution is 5.92. The smallest absolute Gasteiger partial charge is 0.287 e. The van der Waals surface area contributed by atoms with Crippen molar-refractivity contribution in [2.45, 2.75) is 12.8 Å². The number of carbonyl (C=O) groups excluding carboxylic acids is 2. The third-order valence-corrected chi connectivity index (χ3v) is 4.83. The second kappa shape index (κ2) is 8.73. The normalized spacial score (nSPS) is 17.4. The molecule has 3 N–H and O–H groups in total. The van der Waals surface area contributed by atoms with Crippen LogP contribution < -0.4 is 15.8 Å². The summed E-state index contributed by atoms with van der Waals surface area (Å²) < 4.78 is 10.8. The van der Waals surface area contributed by atoms with Crippen molar-refractivity contribution in [3.8, 4) is 17.1 Å². The molecular formula is C20H25N3O4. The molecule has 0 unspecified atom stereocenters. The van der Waals surface area contributed by atoms with Crippen LogP contribution in [0.15, 0.2) is 40.8 Å². The first-order chi connectivity index (χ1) is 13.1. The third kappa shape index (κ3) is 4.89. The van der Waals surface area contributed by atoms with Gasteiger partial charge in [-0.1, -0.05) is 0 Å². The molecule has 2 amide bonds. The van der Waals surface area contributed by atoms with Gasteiger partial charge in [0.15, 0.2) is 5.76 Å². The number of piperidine rings is 1. The van der Waals surface area contributed by atoms with Gasteiger partial charge in [-0.15, -0.1) is 0 Å². The van der Waals surface area contributed by atoms with Crippen LogP contribution in [0.3, 0.4) is 0 Å². The molecule has 0 aliphatic carbocycles. The standard InChI is InChI=1S/C20H25N3O4/c1-26-16-6-4-14(5-7-16)17-8-9-18(27-17)20(25)22-10-12-23-11-2-3-15(13-23)19(21)24/h4-9,15H,2-3,10-13H2,1H3,(H2,21,24)(H,22,25)/t15-/m0/s1. The SMILES string of the molecule is COc1ccc(-c2ccc(C(=O)NCCN3CCC[C@H](C(N)=O)C3)o2)cc1. The molecular weight excluding hydrogens is 346 g/mol. The first-order valence-electron chi connectivity index (χ1n) is 9.11. The number of likely N-dealkylation sites (tertiary alicyclic amines) is 1. The van der Waals surface area contributed by atoms with Gasteiger partial charge >= 0.3 is 0 Å². The molecule has 2 heterocycles. The van der Waals surface area contributed by atoms with Crippen LogP contribution in [0, 0.1) is 5.92 Å². The quantitative estimate of drug-likeness (QED) is 0.774. The van der Waals surface area contributed by atoms with Gasteiger partial charge in [0.2, 0.25) is 5.91 Å². The Morgan fingerprint density at radius 1 is 1.26 bits per heavy atom. The maximum absolute atomic E-state index is 12.3. The molecule has 2 aromatic rings. The van der Waals surface area contributed by atoms with E-state index >= 15 is 0 Å². The van der Waals surface area contributed by atoms with E-state index in [-0.39, 0.29) is 23.5 Å². The number of amides is 2. The Morgan fingerprint density at radius 3 is 2.74 bits per heavy atom. The number of primary amides is 1. The minimum absolute atomic E-state index is 0.0911. The lowest BCUT2D eigenvalue weighted by Gasteiger charge is -2.30. The van der Waals surface area contributed by atoms with E-state index in [1.807, 2.05) is 24.3 Å². The zero-order chi connectivity index (χ0) is 19.2. The summed E-state index contributed by atoms with van der Waals surface area (Å²) in [6.07, 6.45) is 1.80. The van der Waals surface area contributed by atoms with Crippen molar-refractivity contribution >= 4 is 11.8 Å². The minimum atomic E-state index is -0.252. The molecule has 1 aliphatic rings. The second-order valence-corrected chi connectivity index (χ2v) is 6.69. The summed E-state index contributed by atoms with van der Waals surface area (Å²) >= 11 is 0. The molecule has 1 aromatic heterocycles. The number of rotatable bonds is 7. The molecule has 0 radical (unpaired) electrons. The van der Waals surface area contributed by atoms with Crippen LogP contribution in [0.25, 0.3) is 11.3 Å². The maximum atomic E-state index is 12.3. The summed E-state index contributed by atoms with van der Waals surface area (Å²) in [7, 11) is 1.61. The highest BCUT2D eigenvalue weighted by atomic mass is 16.5. The van der Waals surface area contributed by atoms with Gasteiger partial charge in [-0.25, -0.2) is 0 Å².